The van der Waals surface area contributed by atoms with E-state index in [-0.39, 0.29) is 17.9 Å². The second-order valence-electron chi connectivity index (χ2n) is 3.51. The minimum atomic E-state index is -5.01. The van der Waals surface area contributed by atoms with Crippen molar-refractivity contribution in [3.8, 4) is 0 Å². The van der Waals surface area contributed by atoms with Crippen LogP contribution >= 0.6 is 0 Å². The molecule has 1 aromatic rings. The molecule has 1 amide bonds. The number of aliphatic imine (C=N–C) groups is 1. The lowest BCUT2D eigenvalue weighted by Gasteiger charge is -2.01. The van der Waals surface area contributed by atoms with Gasteiger partial charge in [-0.05, 0) is 0 Å². The molecule has 1 aromatic carbocycles. The fourth-order valence-corrected chi connectivity index (χ4v) is 1.61. The topological polar surface area (TPSA) is 46.5 Å². The lowest BCUT2D eigenvalue weighted by molar-refractivity contribution is -0.169. The Morgan fingerprint density at radius 3 is 2.35 bits per heavy atom. The number of benzene rings is 1. The summed E-state index contributed by atoms with van der Waals surface area (Å²) in [5.74, 6) is -2.51. The lowest BCUT2D eigenvalue weighted by atomic mass is 10.1. The van der Waals surface area contributed by atoms with E-state index in [2.05, 4.69) is 4.99 Å². The van der Waals surface area contributed by atoms with Crippen molar-refractivity contribution in [1.82, 2.24) is 0 Å². The standard InChI is InChI=1S/C11H6F3NO2/c12-11(13,14)10(17)15-8-5-9(16)7-4-2-1-3-6(7)8/h1-4H,5H2. The minimum Gasteiger partial charge on any atom is -0.294 e. The third-order valence-electron chi connectivity index (χ3n) is 2.35. The van der Waals surface area contributed by atoms with Gasteiger partial charge in [0.25, 0.3) is 0 Å². The number of rotatable bonds is 0. The van der Waals surface area contributed by atoms with Gasteiger partial charge in [0.1, 0.15) is 0 Å². The number of fused-ring (bicyclic) bond motifs is 1. The zero-order chi connectivity index (χ0) is 12.6. The molecule has 88 valence electrons. The van der Waals surface area contributed by atoms with Gasteiger partial charge in [-0.3, -0.25) is 9.59 Å². The van der Waals surface area contributed by atoms with Gasteiger partial charge in [-0.15, -0.1) is 0 Å². The summed E-state index contributed by atoms with van der Waals surface area (Å²) < 4.78 is 36.1. The highest BCUT2D eigenvalue weighted by Gasteiger charge is 2.39. The molecule has 0 spiro atoms. The SMILES string of the molecule is O=C1CC(=NC(=O)C(F)(F)F)c2ccccc21. The Kier molecular flexibility index (Phi) is 2.57. The molecule has 0 bridgehead atoms. The molecule has 0 heterocycles. The van der Waals surface area contributed by atoms with Crippen LogP contribution in [-0.2, 0) is 4.79 Å². The fourth-order valence-electron chi connectivity index (χ4n) is 1.61. The molecule has 0 atom stereocenters. The summed E-state index contributed by atoms with van der Waals surface area (Å²) in [4.78, 5) is 25.1. The highest BCUT2D eigenvalue weighted by Crippen LogP contribution is 2.24. The number of amides is 1. The summed E-state index contributed by atoms with van der Waals surface area (Å²) in [5.41, 5.74) is 0.490. The average molecular weight is 241 g/mol. The predicted molar refractivity (Wildman–Crippen MR) is 53.0 cm³/mol. The number of carbonyl (C=O) groups is 2. The molecule has 0 N–H and O–H groups in total. The van der Waals surface area contributed by atoms with E-state index in [9.17, 15) is 22.8 Å². The van der Waals surface area contributed by atoms with E-state index >= 15 is 0 Å². The molecule has 1 aliphatic carbocycles. The average Bonchev–Trinajstić information content (AvgIpc) is 2.56. The smallest absolute Gasteiger partial charge is 0.294 e. The number of nitrogens with zero attached hydrogens (tertiary/aromatic N) is 1. The van der Waals surface area contributed by atoms with Crippen LogP contribution in [0.2, 0.25) is 0 Å². The van der Waals surface area contributed by atoms with Gasteiger partial charge < -0.3 is 0 Å². The van der Waals surface area contributed by atoms with Gasteiger partial charge in [-0.1, -0.05) is 24.3 Å². The van der Waals surface area contributed by atoms with Crippen molar-refractivity contribution in [3.05, 3.63) is 35.4 Å². The Balaban J connectivity index is 2.42. The molecule has 3 nitrogen and oxygen atoms in total. The van der Waals surface area contributed by atoms with Crippen LogP contribution in [-0.4, -0.2) is 23.6 Å². The molecule has 0 radical (unpaired) electrons. The van der Waals surface area contributed by atoms with E-state index in [0.29, 0.717) is 11.1 Å². The number of hydrogen-bond donors (Lipinski definition) is 0. The van der Waals surface area contributed by atoms with Gasteiger partial charge in [-0.2, -0.15) is 13.2 Å². The van der Waals surface area contributed by atoms with E-state index < -0.39 is 12.1 Å². The normalized spacial score (nSPS) is 17.4. The quantitative estimate of drug-likeness (QED) is 0.698. The van der Waals surface area contributed by atoms with Crippen molar-refractivity contribution in [2.45, 2.75) is 12.6 Å². The van der Waals surface area contributed by atoms with E-state index in [1.165, 1.54) is 12.1 Å². The van der Waals surface area contributed by atoms with Crippen LogP contribution in [0.25, 0.3) is 0 Å². The Morgan fingerprint density at radius 2 is 1.76 bits per heavy atom. The number of alkyl halides is 3. The zero-order valence-corrected chi connectivity index (χ0v) is 8.41. The number of halogens is 3. The number of carbonyl (C=O) groups excluding carboxylic acids is 2. The maximum atomic E-state index is 12.0. The van der Waals surface area contributed by atoms with Crippen LogP contribution in [0.4, 0.5) is 13.2 Å². The third kappa shape index (κ3) is 2.11. The van der Waals surface area contributed by atoms with Crippen LogP contribution in [0, 0.1) is 0 Å². The summed E-state index contributed by atoms with van der Waals surface area (Å²) in [6.45, 7) is 0. The van der Waals surface area contributed by atoms with Crippen LogP contribution in [0.3, 0.4) is 0 Å². The van der Waals surface area contributed by atoms with Crippen molar-refractivity contribution < 1.29 is 22.8 Å². The first-order chi connectivity index (χ1) is 7.89. The second kappa shape index (κ2) is 3.80. The van der Waals surface area contributed by atoms with E-state index in [0.717, 1.165) is 0 Å². The summed E-state index contributed by atoms with van der Waals surface area (Å²) in [6.07, 6.45) is -5.27. The van der Waals surface area contributed by atoms with Crippen molar-refractivity contribution >= 4 is 17.4 Å². The van der Waals surface area contributed by atoms with Gasteiger partial charge in [0.2, 0.25) is 0 Å². The maximum Gasteiger partial charge on any atom is 0.473 e. The summed E-state index contributed by atoms with van der Waals surface area (Å²) in [6, 6.07) is 6.15. The van der Waals surface area contributed by atoms with Crippen molar-refractivity contribution in [2.24, 2.45) is 4.99 Å². The molecule has 0 unspecified atom stereocenters. The fraction of sp³-hybridized carbons (Fsp3) is 0.182. The Hall–Kier alpha value is -1.98. The molecule has 0 saturated heterocycles. The van der Waals surface area contributed by atoms with Crippen LogP contribution < -0.4 is 0 Å². The number of hydrogen-bond acceptors (Lipinski definition) is 2. The minimum absolute atomic E-state index is 0.118. The molecular formula is C11H6F3NO2. The monoisotopic (exact) mass is 241 g/mol. The molecule has 1 aliphatic rings. The van der Waals surface area contributed by atoms with E-state index in [1.54, 1.807) is 12.1 Å². The second-order valence-corrected chi connectivity index (χ2v) is 3.51. The highest BCUT2D eigenvalue weighted by molar-refractivity contribution is 6.27. The summed E-state index contributed by atoms with van der Waals surface area (Å²) in [7, 11) is 0. The van der Waals surface area contributed by atoms with Crippen molar-refractivity contribution in [2.75, 3.05) is 0 Å². The van der Waals surface area contributed by atoms with Gasteiger partial charge in [0.15, 0.2) is 5.78 Å². The van der Waals surface area contributed by atoms with Crippen molar-refractivity contribution in [3.63, 3.8) is 0 Å². The van der Waals surface area contributed by atoms with Gasteiger partial charge >= 0.3 is 12.1 Å². The Morgan fingerprint density at radius 1 is 1.18 bits per heavy atom. The molecule has 2 rings (SSSR count). The predicted octanol–water partition coefficient (Wildman–Crippen LogP) is 2.15. The molecule has 0 fully saturated rings. The van der Waals surface area contributed by atoms with E-state index in [4.69, 9.17) is 0 Å². The van der Waals surface area contributed by atoms with Gasteiger partial charge in [0.05, 0.1) is 12.1 Å². The van der Waals surface area contributed by atoms with Gasteiger partial charge in [-0.25, -0.2) is 4.99 Å². The number of ketones is 1. The first-order valence-electron chi connectivity index (χ1n) is 4.71. The Labute approximate surface area is 94.0 Å². The first kappa shape index (κ1) is 11.5. The number of Topliss-reactive ketones (excluding diaryl/α,β-unsaturated/α-hetero) is 1. The van der Waals surface area contributed by atoms with E-state index in [1.807, 2.05) is 0 Å². The maximum absolute atomic E-state index is 12.0. The zero-order valence-electron chi connectivity index (χ0n) is 8.41. The molecule has 0 aromatic heterocycles. The lowest BCUT2D eigenvalue weighted by Crippen LogP contribution is -2.21. The Bertz CT molecular complexity index is 532. The molecule has 0 saturated carbocycles. The molecule has 17 heavy (non-hydrogen) atoms. The molecular weight excluding hydrogens is 235 g/mol. The van der Waals surface area contributed by atoms with Crippen LogP contribution in [0.5, 0.6) is 0 Å². The third-order valence-corrected chi connectivity index (χ3v) is 2.35. The summed E-state index contributed by atoms with van der Waals surface area (Å²) in [5, 5.41) is 0. The van der Waals surface area contributed by atoms with Crippen LogP contribution in [0.15, 0.2) is 29.3 Å². The molecule has 0 aliphatic heterocycles. The van der Waals surface area contributed by atoms with Crippen LogP contribution in [0.1, 0.15) is 22.3 Å². The summed E-state index contributed by atoms with van der Waals surface area (Å²) >= 11 is 0. The van der Waals surface area contributed by atoms with Gasteiger partial charge in [0, 0.05) is 11.1 Å². The first-order valence-corrected chi connectivity index (χ1v) is 4.71. The molecule has 6 heteroatoms. The largest absolute Gasteiger partial charge is 0.473 e. The van der Waals surface area contributed by atoms with Crippen molar-refractivity contribution in [1.29, 1.82) is 0 Å². The highest BCUT2D eigenvalue weighted by atomic mass is 19.4.